The van der Waals surface area contributed by atoms with Gasteiger partial charge < -0.3 is 4.74 Å². The van der Waals surface area contributed by atoms with Crippen LogP contribution in [0.25, 0.3) is 0 Å². The van der Waals surface area contributed by atoms with Crippen molar-refractivity contribution < 1.29 is 21.9 Å². The largest absolute Gasteiger partial charge is 0.371 e. The summed E-state index contributed by atoms with van der Waals surface area (Å²) in [7, 11) is -3.98. The summed E-state index contributed by atoms with van der Waals surface area (Å²) < 4.78 is 59.1. The molecule has 1 atom stereocenters. The topological polar surface area (TPSA) is 58.6 Å². The van der Waals surface area contributed by atoms with Crippen molar-refractivity contribution in [1.29, 1.82) is 0 Å². The van der Waals surface area contributed by atoms with Crippen LogP contribution in [0.5, 0.6) is 0 Å². The van der Waals surface area contributed by atoms with Gasteiger partial charge in [0.05, 0.1) is 12.7 Å². The van der Waals surface area contributed by atoms with E-state index in [1.807, 2.05) is 18.2 Å². The SMILES string of the molecule is O=S(=O)(NCCCCN1CCOC(c2ccccc2)C1)c1ccc(F)cc1F. The van der Waals surface area contributed by atoms with E-state index in [1.54, 1.807) is 0 Å². The third-order valence-electron chi connectivity index (χ3n) is 4.70. The summed E-state index contributed by atoms with van der Waals surface area (Å²) in [5.74, 6) is -1.90. The van der Waals surface area contributed by atoms with Crippen LogP contribution < -0.4 is 4.72 Å². The van der Waals surface area contributed by atoms with Gasteiger partial charge in [-0.25, -0.2) is 21.9 Å². The average Bonchev–Trinajstić information content (AvgIpc) is 2.68. The van der Waals surface area contributed by atoms with E-state index in [2.05, 4.69) is 21.8 Å². The Morgan fingerprint density at radius 3 is 2.64 bits per heavy atom. The summed E-state index contributed by atoms with van der Waals surface area (Å²) in [6.07, 6.45) is 1.47. The standard InChI is InChI=1S/C20H24F2N2O3S/c21-17-8-9-20(18(22)14-17)28(25,26)23-10-4-5-11-24-12-13-27-19(15-24)16-6-2-1-3-7-16/h1-3,6-9,14,19,23H,4-5,10-13,15H2. The third kappa shape index (κ3) is 5.57. The zero-order chi connectivity index (χ0) is 20.0. The molecule has 1 aliphatic heterocycles. The Labute approximate surface area is 164 Å². The number of rotatable bonds is 8. The molecule has 0 amide bonds. The number of hydrogen-bond acceptors (Lipinski definition) is 4. The molecule has 0 radical (unpaired) electrons. The molecule has 5 nitrogen and oxygen atoms in total. The lowest BCUT2D eigenvalue weighted by Gasteiger charge is -2.33. The second-order valence-corrected chi connectivity index (χ2v) is 8.49. The predicted molar refractivity (Wildman–Crippen MR) is 102 cm³/mol. The zero-order valence-electron chi connectivity index (χ0n) is 15.5. The fraction of sp³-hybridized carbons (Fsp3) is 0.400. The Balaban J connectivity index is 1.42. The number of benzene rings is 2. The molecule has 2 aromatic carbocycles. The summed E-state index contributed by atoms with van der Waals surface area (Å²) in [6.45, 7) is 3.34. The van der Waals surface area contributed by atoms with Crippen LogP contribution in [0.4, 0.5) is 8.78 Å². The summed E-state index contributed by atoms with van der Waals surface area (Å²) in [5, 5.41) is 0. The number of morpholine rings is 1. The highest BCUT2D eigenvalue weighted by molar-refractivity contribution is 7.89. The van der Waals surface area contributed by atoms with Crippen LogP contribution in [-0.4, -0.2) is 46.1 Å². The summed E-state index contributed by atoms with van der Waals surface area (Å²) in [6, 6.07) is 12.5. The van der Waals surface area contributed by atoms with Crippen LogP contribution in [0.2, 0.25) is 0 Å². The third-order valence-corrected chi connectivity index (χ3v) is 6.19. The summed E-state index contributed by atoms with van der Waals surface area (Å²) >= 11 is 0. The lowest BCUT2D eigenvalue weighted by Crippen LogP contribution is -2.39. The molecule has 1 fully saturated rings. The van der Waals surface area contributed by atoms with E-state index in [1.165, 1.54) is 0 Å². The minimum absolute atomic E-state index is 0.0508. The molecule has 1 N–H and O–H groups in total. The van der Waals surface area contributed by atoms with Crippen LogP contribution in [0, 0.1) is 11.6 Å². The molecule has 152 valence electrons. The first kappa shape index (κ1) is 20.9. The lowest BCUT2D eigenvalue weighted by atomic mass is 10.1. The van der Waals surface area contributed by atoms with Crippen molar-refractivity contribution in [2.75, 3.05) is 32.8 Å². The van der Waals surface area contributed by atoms with Gasteiger partial charge in [-0.1, -0.05) is 30.3 Å². The number of nitrogens with zero attached hydrogens (tertiary/aromatic N) is 1. The fourth-order valence-corrected chi connectivity index (χ4v) is 4.34. The summed E-state index contributed by atoms with van der Waals surface area (Å²) in [5.41, 5.74) is 1.15. The number of halogens is 2. The Kier molecular flexibility index (Phi) is 7.12. The van der Waals surface area contributed by atoms with Crippen LogP contribution >= 0.6 is 0 Å². The molecule has 28 heavy (non-hydrogen) atoms. The van der Waals surface area contributed by atoms with Gasteiger partial charge in [-0.3, -0.25) is 4.90 Å². The number of unbranched alkanes of at least 4 members (excludes halogenated alkanes) is 1. The monoisotopic (exact) mass is 410 g/mol. The Hall–Kier alpha value is -1.87. The Bertz CT molecular complexity index is 878. The predicted octanol–water partition coefficient (Wildman–Crippen LogP) is 3.10. The lowest BCUT2D eigenvalue weighted by molar-refractivity contribution is -0.0303. The first-order valence-corrected chi connectivity index (χ1v) is 10.8. The van der Waals surface area contributed by atoms with Crippen molar-refractivity contribution in [1.82, 2.24) is 9.62 Å². The van der Waals surface area contributed by atoms with Crippen LogP contribution in [0.15, 0.2) is 53.4 Å². The van der Waals surface area contributed by atoms with E-state index in [0.29, 0.717) is 19.1 Å². The highest BCUT2D eigenvalue weighted by Gasteiger charge is 2.22. The van der Waals surface area contributed by atoms with Gasteiger partial charge in [-0.05, 0) is 37.1 Å². The van der Waals surface area contributed by atoms with Crippen molar-refractivity contribution in [2.45, 2.75) is 23.8 Å². The molecule has 3 rings (SSSR count). The highest BCUT2D eigenvalue weighted by atomic mass is 32.2. The minimum Gasteiger partial charge on any atom is -0.371 e. The van der Waals surface area contributed by atoms with Crippen molar-refractivity contribution in [3.63, 3.8) is 0 Å². The Morgan fingerprint density at radius 1 is 1.11 bits per heavy atom. The zero-order valence-corrected chi connectivity index (χ0v) is 16.3. The number of hydrogen-bond donors (Lipinski definition) is 1. The molecular formula is C20H24F2N2O3S. The average molecular weight is 410 g/mol. The second kappa shape index (κ2) is 9.56. The first-order chi connectivity index (χ1) is 13.5. The molecule has 8 heteroatoms. The molecule has 0 aliphatic carbocycles. The number of ether oxygens (including phenoxy) is 1. The van der Waals surface area contributed by atoms with Crippen molar-refractivity contribution >= 4 is 10.0 Å². The molecule has 0 aromatic heterocycles. The second-order valence-electron chi connectivity index (χ2n) is 6.75. The van der Waals surface area contributed by atoms with E-state index in [4.69, 9.17) is 4.74 Å². The molecule has 0 saturated carbocycles. The molecule has 1 heterocycles. The molecule has 1 unspecified atom stereocenters. The normalized spacial score (nSPS) is 18.3. The van der Waals surface area contributed by atoms with Crippen LogP contribution in [0.3, 0.4) is 0 Å². The van der Waals surface area contributed by atoms with Crippen molar-refractivity contribution in [2.24, 2.45) is 0 Å². The highest BCUT2D eigenvalue weighted by Crippen LogP contribution is 2.22. The van der Waals surface area contributed by atoms with Gasteiger partial charge in [0.1, 0.15) is 16.5 Å². The molecule has 0 bridgehead atoms. The molecule has 1 aliphatic rings. The van der Waals surface area contributed by atoms with Gasteiger partial charge in [-0.2, -0.15) is 0 Å². The summed E-state index contributed by atoms with van der Waals surface area (Å²) in [4.78, 5) is 1.77. The maximum absolute atomic E-state index is 13.7. The van der Waals surface area contributed by atoms with E-state index in [-0.39, 0.29) is 12.6 Å². The van der Waals surface area contributed by atoms with E-state index >= 15 is 0 Å². The maximum Gasteiger partial charge on any atom is 0.243 e. The molecule has 2 aromatic rings. The first-order valence-electron chi connectivity index (χ1n) is 9.29. The van der Waals surface area contributed by atoms with Gasteiger partial charge in [0, 0.05) is 25.7 Å². The van der Waals surface area contributed by atoms with Gasteiger partial charge in [0.25, 0.3) is 0 Å². The number of nitrogens with one attached hydrogen (secondary N) is 1. The Morgan fingerprint density at radius 2 is 1.89 bits per heavy atom. The van der Waals surface area contributed by atoms with Gasteiger partial charge in [-0.15, -0.1) is 0 Å². The van der Waals surface area contributed by atoms with E-state index < -0.39 is 26.6 Å². The molecule has 1 saturated heterocycles. The van der Waals surface area contributed by atoms with Crippen LogP contribution in [-0.2, 0) is 14.8 Å². The van der Waals surface area contributed by atoms with Gasteiger partial charge >= 0.3 is 0 Å². The van der Waals surface area contributed by atoms with Gasteiger partial charge in [0.2, 0.25) is 10.0 Å². The fourth-order valence-electron chi connectivity index (χ4n) is 3.21. The van der Waals surface area contributed by atoms with Crippen LogP contribution in [0.1, 0.15) is 24.5 Å². The number of sulfonamides is 1. The molecular weight excluding hydrogens is 386 g/mol. The minimum atomic E-state index is -3.98. The van der Waals surface area contributed by atoms with Gasteiger partial charge in [0.15, 0.2) is 0 Å². The quantitative estimate of drug-likeness (QED) is 0.680. The smallest absolute Gasteiger partial charge is 0.243 e. The van der Waals surface area contributed by atoms with E-state index in [9.17, 15) is 17.2 Å². The maximum atomic E-state index is 13.7. The molecule has 0 spiro atoms. The van der Waals surface area contributed by atoms with Crippen molar-refractivity contribution in [3.8, 4) is 0 Å². The van der Waals surface area contributed by atoms with E-state index in [0.717, 1.165) is 43.8 Å². The van der Waals surface area contributed by atoms with Crippen molar-refractivity contribution in [3.05, 3.63) is 65.7 Å².